The summed E-state index contributed by atoms with van der Waals surface area (Å²) in [4.78, 5) is 12.2. The van der Waals surface area contributed by atoms with Crippen LogP contribution >= 0.6 is 0 Å². The van der Waals surface area contributed by atoms with Crippen molar-refractivity contribution in [2.24, 2.45) is 5.92 Å². The lowest BCUT2D eigenvalue weighted by Crippen LogP contribution is -2.03. The Hall–Kier alpha value is -1.89. The fraction of sp³-hybridized carbons (Fsp3) is 0.316. The largest absolute Gasteiger partial charge is 0.294 e. The van der Waals surface area contributed by atoms with Gasteiger partial charge in [-0.3, -0.25) is 4.79 Å². The molecular weight excluding hydrogens is 244 g/mol. The number of carbonyl (C=O) groups is 1. The monoisotopic (exact) mass is 264 g/mol. The third-order valence-electron chi connectivity index (χ3n) is 4.32. The maximum Gasteiger partial charge on any atom is 0.167 e. The predicted molar refractivity (Wildman–Crippen MR) is 82.1 cm³/mol. The predicted octanol–water partition coefficient (Wildman–Crippen LogP) is 4.63. The lowest BCUT2D eigenvalue weighted by atomic mass is 10.0. The van der Waals surface area contributed by atoms with Gasteiger partial charge in [0.2, 0.25) is 0 Å². The van der Waals surface area contributed by atoms with E-state index in [-0.39, 0.29) is 5.78 Å². The van der Waals surface area contributed by atoms with Crippen molar-refractivity contribution in [3.63, 3.8) is 0 Å². The van der Waals surface area contributed by atoms with Crippen molar-refractivity contribution in [2.45, 2.75) is 32.1 Å². The summed E-state index contributed by atoms with van der Waals surface area (Å²) < 4.78 is 0. The van der Waals surface area contributed by atoms with Gasteiger partial charge in [-0.25, -0.2) is 0 Å². The van der Waals surface area contributed by atoms with Gasteiger partial charge in [-0.2, -0.15) is 0 Å². The summed E-state index contributed by atoms with van der Waals surface area (Å²) in [5.74, 6) is 1.80. The molecule has 3 rings (SSSR count). The van der Waals surface area contributed by atoms with Crippen molar-refractivity contribution in [3.05, 3.63) is 71.3 Å². The van der Waals surface area contributed by atoms with Crippen LogP contribution in [0.2, 0.25) is 0 Å². The fourth-order valence-corrected chi connectivity index (χ4v) is 2.91. The molecular formula is C19H20O. The van der Waals surface area contributed by atoms with Crippen LogP contribution in [0, 0.1) is 5.92 Å². The number of carbonyl (C=O) groups excluding carboxylic acids is 1. The molecule has 0 spiro atoms. The minimum atomic E-state index is 0.200. The van der Waals surface area contributed by atoms with Crippen LogP contribution in [0.1, 0.15) is 47.2 Å². The lowest BCUT2D eigenvalue weighted by molar-refractivity contribution is 0.0993. The van der Waals surface area contributed by atoms with Gasteiger partial charge in [-0.05, 0) is 29.4 Å². The molecule has 0 aliphatic heterocycles. The molecule has 1 fully saturated rings. The molecule has 0 radical (unpaired) electrons. The van der Waals surface area contributed by atoms with Crippen molar-refractivity contribution < 1.29 is 4.79 Å². The second-order valence-corrected chi connectivity index (χ2v) is 5.72. The van der Waals surface area contributed by atoms with Crippen molar-refractivity contribution in [1.29, 1.82) is 0 Å². The molecule has 1 nitrogen and oxygen atoms in total. The second-order valence-electron chi connectivity index (χ2n) is 5.72. The van der Waals surface area contributed by atoms with Gasteiger partial charge in [0.15, 0.2) is 5.78 Å². The molecule has 0 aromatic heterocycles. The first kappa shape index (κ1) is 13.1. The summed E-state index contributed by atoms with van der Waals surface area (Å²) in [5, 5.41) is 0. The Morgan fingerprint density at radius 3 is 2.35 bits per heavy atom. The van der Waals surface area contributed by atoms with Gasteiger partial charge in [0.25, 0.3) is 0 Å². The average molecular weight is 264 g/mol. The van der Waals surface area contributed by atoms with Crippen LogP contribution in [0.3, 0.4) is 0 Å². The lowest BCUT2D eigenvalue weighted by Gasteiger charge is -2.04. The van der Waals surface area contributed by atoms with E-state index in [1.807, 2.05) is 42.5 Å². The van der Waals surface area contributed by atoms with Gasteiger partial charge >= 0.3 is 0 Å². The van der Waals surface area contributed by atoms with Crippen LogP contribution in [0.25, 0.3) is 0 Å². The number of rotatable bonds is 5. The second kappa shape index (κ2) is 5.62. The Labute approximate surface area is 120 Å². The van der Waals surface area contributed by atoms with Crippen molar-refractivity contribution in [3.8, 4) is 0 Å². The SMILES string of the molecule is CCC1CC1c1ccc(C(=O)Cc2ccccc2)cc1. The van der Waals surface area contributed by atoms with E-state index in [2.05, 4.69) is 19.1 Å². The summed E-state index contributed by atoms with van der Waals surface area (Å²) in [6, 6.07) is 18.2. The first-order valence-corrected chi connectivity index (χ1v) is 7.45. The van der Waals surface area contributed by atoms with Crippen LogP contribution in [-0.2, 0) is 6.42 Å². The highest BCUT2D eigenvalue weighted by atomic mass is 16.1. The quantitative estimate of drug-likeness (QED) is 0.720. The van der Waals surface area contributed by atoms with E-state index in [4.69, 9.17) is 0 Å². The normalized spacial score (nSPS) is 20.6. The van der Waals surface area contributed by atoms with Gasteiger partial charge in [-0.15, -0.1) is 0 Å². The minimum Gasteiger partial charge on any atom is -0.294 e. The van der Waals surface area contributed by atoms with E-state index >= 15 is 0 Å². The van der Waals surface area contributed by atoms with Crippen LogP contribution in [-0.4, -0.2) is 5.78 Å². The molecule has 0 heterocycles. The molecule has 1 saturated carbocycles. The third-order valence-corrected chi connectivity index (χ3v) is 4.32. The molecule has 1 heteroatoms. The average Bonchev–Trinajstić information content (AvgIpc) is 3.28. The molecule has 1 aliphatic carbocycles. The van der Waals surface area contributed by atoms with E-state index < -0.39 is 0 Å². The topological polar surface area (TPSA) is 17.1 Å². The molecule has 2 unspecified atom stereocenters. The molecule has 0 bridgehead atoms. The molecule has 0 amide bonds. The van der Waals surface area contributed by atoms with E-state index in [1.165, 1.54) is 18.4 Å². The summed E-state index contributed by atoms with van der Waals surface area (Å²) in [5.41, 5.74) is 3.30. The molecule has 2 atom stereocenters. The first-order chi connectivity index (χ1) is 9.78. The smallest absolute Gasteiger partial charge is 0.167 e. The molecule has 0 N–H and O–H groups in total. The summed E-state index contributed by atoms with van der Waals surface area (Å²) in [7, 11) is 0. The highest BCUT2D eigenvalue weighted by molar-refractivity contribution is 5.97. The van der Waals surface area contributed by atoms with E-state index in [0.29, 0.717) is 6.42 Å². The zero-order chi connectivity index (χ0) is 13.9. The Kier molecular flexibility index (Phi) is 3.68. The van der Waals surface area contributed by atoms with Crippen molar-refractivity contribution >= 4 is 5.78 Å². The fourth-order valence-electron chi connectivity index (χ4n) is 2.91. The molecule has 0 saturated heterocycles. The Morgan fingerprint density at radius 2 is 1.75 bits per heavy atom. The van der Waals surface area contributed by atoms with Crippen molar-refractivity contribution in [1.82, 2.24) is 0 Å². The van der Waals surface area contributed by atoms with E-state index in [0.717, 1.165) is 23.0 Å². The molecule has 102 valence electrons. The van der Waals surface area contributed by atoms with Gasteiger partial charge in [0.1, 0.15) is 0 Å². The number of ketones is 1. The molecule has 1 aliphatic rings. The zero-order valence-corrected chi connectivity index (χ0v) is 11.9. The highest BCUT2D eigenvalue weighted by Crippen LogP contribution is 2.49. The number of benzene rings is 2. The number of hydrogen-bond donors (Lipinski definition) is 0. The van der Waals surface area contributed by atoms with E-state index in [9.17, 15) is 4.79 Å². The third kappa shape index (κ3) is 2.82. The summed E-state index contributed by atoms with van der Waals surface area (Å²) in [6.45, 7) is 2.25. The van der Waals surface area contributed by atoms with Gasteiger partial charge < -0.3 is 0 Å². The number of Topliss-reactive ketones (excluding diaryl/α,β-unsaturated/α-hetero) is 1. The zero-order valence-electron chi connectivity index (χ0n) is 11.9. The van der Waals surface area contributed by atoms with Gasteiger partial charge in [0.05, 0.1) is 0 Å². The summed E-state index contributed by atoms with van der Waals surface area (Å²) in [6.07, 6.45) is 3.06. The molecule has 2 aromatic carbocycles. The standard InChI is InChI=1S/C19H20O/c1-2-15-13-18(15)16-8-10-17(11-9-16)19(20)12-14-6-4-3-5-7-14/h3-11,15,18H,2,12-13H2,1H3. The van der Waals surface area contributed by atoms with Crippen molar-refractivity contribution in [2.75, 3.05) is 0 Å². The number of hydrogen-bond acceptors (Lipinski definition) is 1. The van der Waals surface area contributed by atoms with Crippen LogP contribution in [0.5, 0.6) is 0 Å². The first-order valence-electron chi connectivity index (χ1n) is 7.45. The maximum absolute atomic E-state index is 12.2. The van der Waals surface area contributed by atoms with Crippen LogP contribution in [0.4, 0.5) is 0 Å². The van der Waals surface area contributed by atoms with E-state index in [1.54, 1.807) is 0 Å². The van der Waals surface area contributed by atoms with Crippen LogP contribution < -0.4 is 0 Å². The Morgan fingerprint density at radius 1 is 1.05 bits per heavy atom. The van der Waals surface area contributed by atoms with Crippen LogP contribution in [0.15, 0.2) is 54.6 Å². The Balaban J connectivity index is 1.67. The molecule has 20 heavy (non-hydrogen) atoms. The van der Waals surface area contributed by atoms with Gasteiger partial charge in [0, 0.05) is 12.0 Å². The minimum absolute atomic E-state index is 0.200. The maximum atomic E-state index is 12.2. The summed E-state index contributed by atoms with van der Waals surface area (Å²) >= 11 is 0. The Bertz CT molecular complexity index is 583. The van der Waals surface area contributed by atoms with Gasteiger partial charge in [-0.1, -0.05) is 67.9 Å². The molecule has 2 aromatic rings. The highest BCUT2D eigenvalue weighted by Gasteiger charge is 2.36.